The minimum atomic E-state index is -0.958. The van der Waals surface area contributed by atoms with Crippen molar-refractivity contribution in [2.24, 2.45) is 0 Å². The normalized spacial score (nSPS) is 12.2. The highest BCUT2D eigenvalue weighted by atomic mass is 35.5. The van der Waals surface area contributed by atoms with Gasteiger partial charge in [0.25, 0.3) is 5.69 Å². The molecule has 1 rings (SSSR count). The largest absolute Gasteiger partial charge is 0.481 e. The SMILES string of the molecule is CCC(C(=O)O)c1cc(Cl)c([N+](=O)[O-])cc1C. The zero-order valence-electron chi connectivity index (χ0n) is 9.44. The second-order valence-electron chi connectivity index (χ2n) is 3.72. The molecule has 1 N–H and O–H groups in total. The Hall–Kier alpha value is -1.62. The maximum absolute atomic E-state index is 11.0. The molecule has 6 heteroatoms. The standard InChI is InChI=1S/C11H12ClNO4/c1-3-7(11(14)15)8-5-9(12)10(13(16)17)4-6(8)2/h4-5,7H,3H2,1-2H3,(H,14,15). The van der Waals surface area contributed by atoms with E-state index in [-0.39, 0.29) is 10.7 Å². The summed E-state index contributed by atoms with van der Waals surface area (Å²) in [5, 5.41) is 19.7. The molecule has 0 saturated heterocycles. The van der Waals surface area contributed by atoms with Gasteiger partial charge < -0.3 is 5.11 Å². The quantitative estimate of drug-likeness (QED) is 0.664. The van der Waals surface area contributed by atoms with Crippen LogP contribution in [0.25, 0.3) is 0 Å². The second-order valence-corrected chi connectivity index (χ2v) is 4.12. The van der Waals surface area contributed by atoms with Gasteiger partial charge in [-0.05, 0) is 30.5 Å². The number of rotatable bonds is 4. The van der Waals surface area contributed by atoms with Gasteiger partial charge in [0, 0.05) is 6.07 Å². The zero-order chi connectivity index (χ0) is 13.2. The van der Waals surface area contributed by atoms with Crippen molar-refractivity contribution in [3.8, 4) is 0 Å². The lowest BCUT2D eigenvalue weighted by Crippen LogP contribution is -2.12. The van der Waals surface area contributed by atoms with Crippen LogP contribution in [0.1, 0.15) is 30.4 Å². The number of carboxylic acid groups (broad SMARTS) is 1. The van der Waals surface area contributed by atoms with Gasteiger partial charge in [0.2, 0.25) is 0 Å². The van der Waals surface area contributed by atoms with Crippen LogP contribution in [0.4, 0.5) is 5.69 Å². The number of hydrogen-bond acceptors (Lipinski definition) is 3. The predicted molar refractivity (Wildman–Crippen MR) is 63.5 cm³/mol. The summed E-state index contributed by atoms with van der Waals surface area (Å²) in [6.45, 7) is 3.39. The number of halogens is 1. The summed E-state index contributed by atoms with van der Waals surface area (Å²) in [5.74, 6) is -1.64. The Bertz CT molecular complexity index is 473. The lowest BCUT2D eigenvalue weighted by atomic mass is 9.92. The number of nitrogens with zero attached hydrogens (tertiary/aromatic N) is 1. The number of carbonyl (C=O) groups is 1. The van der Waals surface area contributed by atoms with Crippen LogP contribution in [0.15, 0.2) is 12.1 Å². The van der Waals surface area contributed by atoms with Crippen molar-refractivity contribution >= 4 is 23.3 Å². The summed E-state index contributed by atoms with van der Waals surface area (Å²) in [7, 11) is 0. The Morgan fingerprint density at radius 2 is 2.18 bits per heavy atom. The molecule has 0 heterocycles. The average Bonchev–Trinajstić information content (AvgIpc) is 2.22. The van der Waals surface area contributed by atoms with Crippen LogP contribution in [0, 0.1) is 17.0 Å². The molecule has 0 bridgehead atoms. The van der Waals surface area contributed by atoms with E-state index in [1.54, 1.807) is 13.8 Å². The van der Waals surface area contributed by atoms with Gasteiger partial charge >= 0.3 is 5.97 Å². The molecule has 0 fully saturated rings. The molecule has 17 heavy (non-hydrogen) atoms. The van der Waals surface area contributed by atoms with Gasteiger partial charge in [-0.2, -0.15) is 0 Å². The van der Waals surface area contributed by atoms with Crippen molar-refractivity contribution in [3.63, 3.8) is 0 Å². The van der Waals surface area contributed by atoms with E-state index in [4.69, 9.17) is 16.7 Å². The number of aliphatic carboxylic acids is 1. The molecule has 0 amide bonds. The lowest BCUT2D eigenvalue weighted by molar-refractivity contribution is -0.384. The molecule has 92 valence electrons. The highest BCUT2D eigenvalue weighted by Crippen LogP contribution is 2.32. The van der Waals surface area contributed by atoms with E-state index >= 15 is 0 Å². The third-order valence-corrected chi connectivity index (χ3v) is 2.92. The number of hydrogen-bond donors (Lipinski definition) is 1. The van der Waals surface area contributed by atoms with Crippen molar-refractivity contribution in [1.82, 2.24) is 0 Å². The number of nitro groups is 1. The third kappa shape index (κ3) is 2.74. The molecule has 0 aliphatic heterocycles. The molecule has 5 nitrogen and oxygen atoms in total. The third-order valence-electron chi connectivity index (χ3n) is 2.61. The molecule has 1 atom stereocenters. The molecule has 1 aromatic rings. The summed E-state index contributed by atoms with van der Waals surface area (Å²) >= 11 is 5.77. The maximum Gasteiger partial charge on any atom is 0.310 e. The van der Waals surface area contributed by atoms with E-state index in [1.807, 2.05) is 0 Å². The summed E-state index contributed by atoms with van der Waals surface area (Å²) in [5.41, 5.74) is 0.888. The minimum Gasteiger partial charge on any atom is -0.481 e. The Balaban J connectivity index is 3.33. The van der Waals surface area contributed by atoms with Gasteiger partial charge in [-0.3, -0.25) is 14.9 Å². The van der Waals surface area contributed by atoms with Gasteiger partial charge in [0.1, 0.15) is 5.02 Å². The molecule has 1 unspecified atom stereocenters. The van der Waals surface area contributed by atoms with Gasteiger partial charge in [-0.15, -0.1) is 0 Å². The molecule has 0 spiro atoms. The van der Waals surface area contributed by atoms with Crippen LogP contribution < -0.4 is 0 Å². The Morgan fingerprint density at radius 3 is 2.59 bits per heavy atom. The monoisotopic (exact) mass is 257 g/mol. The first-order chi connectivity index (χ1) is 7.88. The van der Waals surface area contributed by atoms with Crippen LogP contribution >= 0.6 is 11.6 Å². The van der Waals surface area contributed by atoms with Crippen molar-refractivity contribution < 1.29 is 14.8 Å². The molecule has 0 aliphatic carbocycles. The van der Waals surface area contributed by atoms with Crippen molar-refractivity contribution in [2.45, 2.75) is 26.2 Å². The first kappa shape index (κ1) is 13.4. The number of benzene rings is 1. The fourth-order valence-electron chi connectivity index (χ4n) is 1.72. The van der Waals surface area contributed by atoms with Crippen molar-refractivity contribution in [1.29, 1.82) is 0 Å². The Labute approximate surface area is 103 Å². The van der Waals surface area contributed by atoms with E-state index < -0.39 is 16.8 Å². The van der Waals surface area contributed by atoms with Crippen LogP contribution in [0.5, 0.6) is 0 Å². The molecule has 1 aromatic carbocycles. The predicted octanol–water partition coefficient (Wildman–Crippen LogP) is 3.13. The van der Waals surface area contributed by atoms with Gasteiger partial charge in [0.15, 0.2) is 0 Å². The lowest BCUT2D eigenvalue weighted by Gasteiger charge is -2.13. The molecule has 0 aliphatic rings. The van der Waals surface area contributed by atoms with Gasteiger partial charge in [-0.25, -0.2) is 0 Å². The van der Waals surface area contributed by atoms with Crippen molar-refractivity contribution in [3.05, 3.63) is 38.4 Å². The fourth-order valence-corrected chi connectivity index (χ4v) is 1.97. The number of aryl methyl sites for hydroxylation is 1. The summed E-state index contributed by atoms with van der Waals surface area (Å²) < 4.78 is 0. The summed E-state index contributed by atoms with van der Waals surface area (Å²) in [6.07, 6.45) is 0.407. The van der Waals surface area contributed by atoms with E-state index in [0.717, 1.165) is 0 Å². The van der Waals surface area contributed by atoms with E-state index in [1.165, 1.54) is 12.1 Å². The van der Waals surface area contributed by atoms with E-state index in [9.17, 15) is 14.9 Å². The molecular weight excluding hydrogens is 246 g/mol. The smallest absolute Gasteiger partial charge is 0.310 e. The Morgan fingerprint density at radius 1 is 1.59 bits per heavy atom. The molecular formula is C11H12ClNO4. The molecule has 0 radical (unpaired) electrons. The zero-order valence-corrected chi connectivity index (χ0v) is 10.2. The van der Waals surface area contributed by atoms with Crippen LogP contribution in [0.2, 0.25) is 5.02 Å². The summed E-state index contributed by atoms with van der Waals surface area (Å²) in [4.78, 5) is 21.1. The number of carboxylic acids is 1. The van der Waals surface area contributed by atoms with Crippen LogP contribution in [-0.2, 0) is 4.79 Å². The molecule has 0 aromatic heterocycles. The highest BCUT2D eigenvalue weighted by Gasteiger charge is 2.23. The first-order valence-electron chi connectivity index (χ1n) is 5.05. The van der Waals surface area contributed by atoms with Crippen molar-refractivity contribution in [2.75, 3.05) is 0 Å². The van der Waals surface area contributed by atoms with Gasteiger partial charge in [0.05, 0.1) is 10.8 Å². The second kappa shape index (κ2) is 5.14. The van der Waals surface area contributed by atoms with E-state index in [0.29, 0.717) is 17.5 Å². The summed E-state index contributed by atoms with van der Waals surface area (Å²) in [6, 6.07) is 2.68. The van der Waals surface area contributed by atoms with E-state index in [2.05, 4.69) is 0 Å². The van der Waals surface area contributed by atoms with Crippen LogP contribution in [-0.4, -0.2) is 16.0 Å². The van der Waals surface area contributed by atoms with Crippen LogP contribution in [0.3, 0.4) is 0 Å². The topological polar surface area (TPSA) is 80.4 Å². The maximum atomic E-state index is 11.0. The molecule has 0 saturated carbocycles. The first-order valence-corrected chi connectivity index (χ1v) is 5.43. The Kier molecular flexibility index (Phi) is 4.07. The number of nitro benzene ring substituents is 1. The average molecular weight is 258 g/mol. The van der Waals surface area contributed by atoms with Gasteiger partial charge in [-0.1, -0.05) is 18.5 Å². The highest BCUT2D eigenvalue weighted by molar-refractivity contribution is 6.32. The minimum absolute atomic E-state index is 0.0321. The fraction of sp³-hybridized carbons (Fsp3) is 0.364.